The van der Waals surface area contributed by atoms with Gasteiger partial charge in [-0.15, -0.1) is 10.2 Å². The lowest BCUT2D eigenvalue weighted by molar-refractivity contribution is -0.137. The second kappa shape index (κ2) is 8.47. The largest absolute Gasteiger partial charge is 0.483 e. The van der Waals surface area contributed by atoms with Crippen molar-refractivity contribution in [1.29, 1.82) is 0 Å². The van der Waals surface area contributed by atoms with E-state index in [4.69, 9.17) is 4.74 Å². The maximum Gasteiger partial charge on any atom is 0.417 e. The summed E-state index contributed by atoms with van der Waals surface area (Å²) in [7, 11) is 0. The molecule has 1 N–H and O–H groups in total. The Morgan fingerprint density at radius 3 is 2.48 bits per heavy atom. The number of pyridine rings is 1. The number of alkyl halides is 3. The molecular weight excluding hydrogens is 409 g/mol. The van der Waals surface area contributed by atoms with Crippen LogP contribution in [0.2, 0.25) is 0 Å². The maximum absolute atomic E-state index is 12.9. The van der Waals surface area contributed by atoms with E-state index in [1.54, 1.807) is 12.1 Å². The van der Waals surface area contributed by atoms with E-state index in [1.807, 2.05) is 42.5 Å². The third-order valence-corrected chi connectivity index (χ3v) is 4.57. The van der Waals surface area contributed by atoms with Crippen molar-refractivity contribution in [3.63, 3.8) is 0 Å². The van der Waals surface area contributed by atoms with Gasteiger partial charge in [0.25, 0.3) is 5.91 Å². The Morgan fingerprint density at radius 2 is 1.71 bits per heavy atom. The van der Waals surface area contributed by atoms with Crippen LogP contribution in [0.25, 0.3) is 16.8 Å². The number of aromatic nitrogens is 3. The molecule has 0 fully saturated rings. The van der Waals surface area contributed by atoms with Crippen molar-refractivity contribution in [3.8, 4) is 16.9 Å². The molecular formula is C22H17F3N4O2. The molecule has 0 saturated heterocycles. The summed E-state index contributed by atoms with van der Waals surface area (Å²) in [4.78, 5) is 12.2. The third kappa shape index (κ3) is 4.66. The van der Waals surface area contributed by atoms with Gasteiger partial charge in [0.2, 0.25) is 0 Å². The summed E-state index contributed by atoms with van der Waals surface area (Å²) in [5, 5.41) is 10.3. The molecule has 6 nitrogen and oxygen atoms in total. The maximum atomic E-state index is 12.9. The van der Waals surface area contributed by atoms with Crippen LogP contribution in [0.1, 0.15) is 11.4 Å². The van der Waals surface area contributed by atoms with Crippen molar-refractivity contribution >= 4 is 11.6 Å². The van der Waals surface area contributed by atoms with E-state index >= 15 is 0 Å². The van der Waals surface area contributed by atoms with Crippen LogP contribution in [0, 0.1) is 0 Å². The highest BCUT2D eigenvalue weighted by Crippen LogP contribution is 2.30. The number of carbonyl (C=O) groups is 1. The van der Waals surface area contributed by atoms with Crippen molar-refractivity contribution in [1.82, 2.24) is 19.9 Å². The van der Waals surface area contributed by atoms with E-state index < -0.39 is 17.6 Å². The van der Waals surface area contributed by atoms with Gasteiger partial charge in [-0.25, -0.2) is 0 Å². The first kappa shape index (κ1) is 20.4. The summed E-state index contributed by atoms with van der Waals surface area (Å²) in [5.41, 5.74) is 1.23. The van der Waals surface area contributed by atoms with Gasteiger partial charge in [0.15, 0.2) is 18.1 Å². The quantitative estimate of drug-likeness (QED) is 0.504. The van der Waals surface area contributed by atoms with E-state index in [1.165, 1.54) is 10.5 Å². The lowest BCUT2D eigenvalue weighted by Gasteiger charge is -2.12. The van der Waals surface area contributed by atoms with Crippen molar-refractivity contribution in [2.75, 3.05) is 6.61 Å². The first-order valence-electron chi connectivity index (χ1n) is 9.36. The number of rotatable bonds is 6. The molecule has 2 aromatic heterocycles. The van der Waals surface area contributed by atoms with Gasteiger partial charge >= 0.3 is 6.18 Å². The summed E-state index contributed by atoms with van der Waals surface area (Å²) < 4.78 is 45.7. The smallest absolute Gasteiger partial charge is 0.417 e. The Labute approximate surface area is 175 Å². The zero-order valence-electron chi connectivity index (χ0n) is 16.1. The molecule has 2 aromatic carbocycles. The molecule has 0 spiro atoms. The summed E-state index contributed by atoms with van der Waals surface area (Å²) in [5.74, 6) is 0.289. The standard InChI is InChI=1S/C22H17F3N4O2/c23-22(24,25)16-10-11-19-27-28-20(29(19)13-16)12-26-21(30)14-31-18-9-5-4-8-17(18)15-6-2-1-3-7-15/h1-11,13H,12,14H2,(H,26,30). The van der Waals surface area contributed by atoms with Gasteiger partial charge in [-0.05, 0) is 23.8 Å². The van der Waals surface area contributed by atoms with E-state index in [0.29, 0.717) is 5.75 Å². The zero-order valence-corrected chi connectivity index (χ0v) is 16.1. The zero-order chi connectivity index (χ0) is 21.8. The summed E-state index contributed by atoms with van der Waals surface area (Å²) in [6.07, 6.45) is -3.58. The van der Waals surface area contributed by atoms with Gasteiger partial charge in [0, 0.05) is 11.8 Å². The number of benzene rings is 2. The molecule has 1 amide bonds. The van der Waals surface area contributed by atoms with Gasteiger partial charge < -0.3 is 10.1 Å². The van der Waals surface area contributed by atoms with Crippen LogP contribution < -0.4 is 10.1 Å². The Hall–Kier alpha value is -3.88. The number of carbonyl (C=O) groups excluding carboxylic acids is 1. The predicted octanol–water partition coefficient (Wildman–Crippen LogP) is 4.11. The molecule has 0 aliphatic rings. The van der Waals surface area contributed by atoms with Gasteiger partial charge in [0.1, 0.15) is 5.75 Å². The molecule has 0 aliphatic heterocycles. The van der Waals surface area contributed by atoms with E-state index in [-0.39, 0.29) is 24.6 Å². The molecule has 0 saturated carbocycles. The summed E-state index contributed by atoms with van der Waals surface area (Å²) in [6.45, 7) is -0.348. The van der Waals surface area contributed by atoms with Crippen molar-refractivity contribution in [2.45, 2.75) is 12.7 Å². The Morgan fingerprint density at radius 1 is 0.968 bits per heavy atom. The highest BCUT2D eigenvalue weighted by molar-refractivity contribution is 5.78. The van der Waals surface area contributed by atoms with Crippen LogP contribution >= 0.6 is 0 Å². The number of nitrogens with zero attached hydrogens (tertiary/aromatic N) is 3. The van der Waals surface area contributed by atoms with Gasteiger partial charge in [0.05, 0.1) is 12.1 Å². The first-order valence-corrected chi connectivity index (χ1v) is 9.36. The second-order valence-electron chi connectivity index (χ2n) is 6.69. The van der Waals surface area contributed by atoms with Crippen LogP contribution in [0.4, 0.5) is 13.2 Å². The number of ether oxygens (including phenoxy) is 1. The molecule has 31 heavy (non-hydrogen) atoms. The van der Waals surface area contributed by atoms with E-state index in [2.05, 4.69) is 15.5 Å². The van der Waals surface area contributed by atoms with Crippen LogP contribution in [-0.2, 0) is 17.5 Å². The fourth-order valence-corrected chi connectivity index (χ4v) is 3.05. The average molecular weight is 426 g/mol. The Balaban J connectivity index is 1.41. The predicted molar refractivity (Wildman–Crippen MR) is 107 cm³/mol. The topological polar surface area (TPSA) is 68.5 Å². The number of hydrogen-bond donors (Lipinski definition) is 1. The molecule has 158 valence electrons. The van der Waals surface area contributed by atoms with Crippen molar-refractivity contribution < 1.29 is 22.7 Å². The monoisotopic (exact) mass is 426 g/mol. The minimum absolute atomic E-state index is 0.0923. The molecule has 0 radical (unpaired) electrons. The van der Waals surface area contributed by atoms with E-state index in [9.17, 15) is 18.0 Å². The fraction of sp³-hybridized carbons (Fsp3) is 0.136. The normalized spacial score (nSPS) is 11.5. The minimum atomic E-state index is -4.49. The van der Waals surface area contributed by atoms with Crippen LogP contribution in [0.3, 0.4) is 0 Å². The highest BCUT2D eigenvalue weighted by atomic mass is 19.4. The molecule has 9 heteroatoms. The van der Waals surface area contributed by atoms with Gasteiger partial charge in [-0.1, -0.05) is 48.5 Å². The molecule has 4 rings (SSSR count). The van der Waals surface area contributed by atoms with Crippen LogP contribution in [0.5, 0.6) is 5.75 Å². The number of hydrogen-bond acceptors (Lipinski definition) is 4. The molecule has 4 aromatic rings. The first-order chi connectivity index (χ1) is 14.9. The number of fused-ring (bicyclic) bond motifs is 1. The van der Waals surface area contributed by atoms with Gasteiger partial charge in [-0.3, -0.25) is 9.20 Å². The lowest BCUT2D eigenvalue weighted by atomic mass is 10.1. The van der Waals surface area contributed by atoms with Crippen LogP contribution in [-0.4, -0.2) is 27.1 Å². The average Bonchev–Trinajstić information content (AvgIpc) is 3.19. The lowest BCUT2D eigenvalue weighted by Crippen LogP contribution is -2.29. The number of nitrogens with one attached hydrogen (secondary N) is 1. The SMILES string of the molecule is O=C(COc1ccccc1-c1ccccc1)NCc1nnc2ccc(C(F)(F)F)cn12. The van der Waals surface area contributed by atoms with Crippen molar-refractivity contribution in [3.05, 3.63) is 84.3 Å². The van der Waals surface area contributed by atoms with E-state index in [0.717, 1.165) is 23.4 Å². The molecule has 0 atom stereocenters. The second-order valence-corrected chi connectivity index (χ2v) is 6.69. The number of amides is 1. The van der Waals surface area contributed by atoms with Gasteiger partial charge in [-0.2, -0.15) is 13.2 Å². The highest BCUT2D eigenvalue weighted by Gasteiger charge is 2.31. The van der Waals surface area contributed by atoms with Crippen LogP contribution in [0.15, 0.2) is 72.9 Å². The number of para-hydroxylation sites is 1. The Kier molecular flexibility index (Phi) is 5.57. The fourth-order valence-electron chi connectivity index (χ4n) is 3.05. The third-order valence-electron chi connectivity index (χ3n) is 4.57. The number of halogens is 3. The molecule has 0 unspecified atom stereocenters. The summed E-state index contributed by atoms with van der Waals surface area (Å²) >= 11 is 0. The summed E-state index contributed by atoms with van der Waals surface area (Å²) in [6, 6.07) is 19.1. The molecule has 0 bridgehead atoms. The Bertz CT molecular complexity index is 1210. The molecule has 0 aliphatic carbocycles. The minimum Gasteiger partial charge on any atom is -0.483 e. The van der Waals surface area contributed by atoms with Crippen molar-refractivity contribution in [2.24, 2.45) is 0 Å². The molecule has 2 heterocycles.